The van der Waals surface area contributed by atoms with Crippen molar-refractivity contribution in [3.63, 3.8) is 0 Å². The summed E-state index contributed by atoms with van der Waals surface area (Å²) < 4.78 is 0. The average molecular weight is 296 g/mol. The molecule has 3 heteroatoms. The standard InChI is InChI=1S/C19H24N2O/c22-19(18-13-16-6-7-17(18)12-16)21-10-8-20(9-11-21)14-15-4-2-1-3-5-15/h1-7,16-18H,8-14H2. The van der Waals surface area contributed by atoms with E-state index in [1.807, 2.05) is 0 Å². The van der Waals surface area contributed by atoms with Crippen LogP contribution in [0.4, 0.5) is 0 Å². The van der Waals surface area contributed by atoms with Crippen molar-refractivity contribution in [2.24, 2.45) is 17.8 Å². The molecule has 1 aromatic carbocycles. The van der Waals surface area contributed by atoms with Crippen LogP contribution < -0.4 is 0 Å². The zero-order valence-corrected chi connectivity index (χ0v) is 13.0. The lowest BCUT2D eigenvalue weighted by atomic mass is 9.92. The number of nitrogens with zero attached hydrogens (tertiary/aromatic N) is 2. The van der Waals surface area contributed by atoms with E-state index < -0.39 is 0 Å². The number of hydrogen-bond acceptors (Lipinski definition) is 2. The largest absolute Gasteiger partial charge is 0.340 e. The SMILES string of the molecule is O=C(C1CC2C=CC1C2)N1CCN(Cc2ccccc2)CC1. The Morgan fingerprint density at radius 2 is 1.77 bits per heavy atom. The molecule has 2 aliphatic carbocycles. The lowest BCUT2D eigenvalue weighted by Gasteiger charge is -2.36. The maximum absolute atomic E-state index is 12.7. The maximum Gasteiger partial charge on any atom is 0.226 e. The van der Waals surface area contributed by atoms with Gasteiger partial charge in [-0.1, -0.05) is 42.5 Å². The smallest absolute Gasteiger partial charge is 0.226 e. The van der Waals surface area contributed by atoms with Gasteiger partial charge in [-0.25, -0.2) is 0 Å². The van der Waals surface area contributed by atoms with Gasteiger partial charge in [0.1, 0.15) is 0 Å². The van der Waals surface area contributed by atoms with Crippen molar-refractivity contribution in [2.45, 2.75) is 19.4 Å². The Morgan fingerprint density at radius 1 is 1.00 bits per heavy atom. The van der Waals surface area contributed by atoms with Gasteiger partial charge in [0.2, 0.25) is 5.91 Å². The van der Waals surface area contributed by atoms with Gasteiger partial charge in [-0.3, -0.25) is 9.69 Å². The molecule has 3 atom stereocenters. The van der Waals surface area contributed by atoms with Crippen LogP contribution in [-0.2, 0) is 11.3 Å². The van der Waals surface area contributed by atoms with E-state index in [-0.39, 0.29) is 5.92 Å². The fourth-order valence-electron chi connectivity index (χ4n) is 4.27. The first-order valence-corrected chi connectivity index (χ1v) is 8.53. The second kappa shape index (κ2) is 5.88. The molecule has 1 heterocycles. The Labute approximate surface area is 132 Å². The van der Waals surface area contributed by atoms with Crippen LogP contribution in [0.2, 0.25) is 0 Å². The molecule has 1 saturated heterocycles. The third-order valence-electron chi connectivity index (χ3n) is 5.53. The number of amides is 1. The Bertz CT molecular complexity index is 560. The summed E-state index contributed by atoms with van der Waals surface area (Å²) in [5, 5.41) is 0. The van der Waals surface area contributed by atoms with Gasteiger partial charge in [0, 0.05) is 38.6 Å². The molecule has 1 aliphatic heterocycles. The summed E-state index contributed by atoms with van der Waals surface area (Å²) in [6, 6.07) is 10.6. The van der Waals surface area contributed by atoms with E-state index in [1.165, 1.54) is 12.0 Å². The van der Waals surface area contributed by atoms with E-state index in [0.717, 1.165) is 39.1 Å². The molecule has 1 amide bonds. The van der Waals surface area contributed by atoms with Crippen molar-refractivity contribution >= 4 is 5.91 Å². The monoisotopic (exact) mass is 296 g/mol. The highest BCUT2D eigenvalue weighted by atomic mass is 16.2. The number of rotatable bonds is 3. The Hall–Kier alpha value is -1.61. The van der Waals surface area contributed by atoms with Gasteiger partial charge >= 0.3 is 0 Å². The number of piperazine rings is 1. The Balaban J connectivity index is 1.30. The van der Waals surface area contributed by atoms with Crippen LogP contribution in [-0.4, -0.2) is 41.9 Å². The lowest BCUT2D eigenvalue weighted by Crippen LogP contribution is -2.50. The summed E-state index contributed by atoms with van der Waals surface area (Å²) in [4.78, 5) is 17.3. The minimum absolute atomic E-state index is 0.274. The molecule has 1 saturated carbocycles. The highest BCUT2D eigenvalue weighted by molar-refractivity contribution is 5.80. The summed E-state index contributed by atoms with van der Waals surface area (Å²) >= 11 is 0. The summed E-state index contributed by atoms with van der Waals surface area (Å²) in [6.07, 6.45) is 6.89. The minimum Gasteiger partial charge on any atom is -0.340 e. The third kappa shape index (κ3) is 2.70. The topological polar surface area (TPSA) is 23.6 Å². The van der Waals surface area contributed by atoms with E-state index in [1.54, 1.807) is 0 Å². The molecule has 2 fully saturated rings. The predicted molar refractivity (Wildman–Crippen MR) is 87.1 cm³/mol. The first-order chi connectivity index (χ1) is 10.8. The van der Waals surface area contributed by atoms with Gasteiger partial charge in [0.25, 0.3) is 0 Å². The Morgan fingerprint density at radius 3 is 2.41 bits per heavy atom. The summed E-state index contributed by atoms with van der Waals surface area (Å²) in [6.45, 7) is 4.78. The van der Waals surface area contributed by atoms with Crippen molar-refractivity contribution in [3.05, 3.63) is 48.0 Å². The minimum atomic E-state index is 0.274. The summed E-state index contributed by atoms with van der Waals surface area (Å²) in [7, 11) is 0. The molecule has 3 aliphatic rings. The van der Waals surface area contributed by atoms with Gasteiger partial charge in [-0.2, -0.15) is 0 Å². The van der Waals surface area contributed by atoms with E-state index in [0.29, 0.717) is 17.7 Å². The zero-order valence-electron chi connectivity index (χ0n) is 13.0. The molecule has 1 aromatic rings. The fourth-order valence-corrected chi connectivity index (χ4v) is 4.27. The molecule has 3 nitrogen and oxygen atoms in total. The van der Waals surface area contributed by atoms with Crippen LogP contribution in [0.1, 0.15) is 18.4 Å². The molecule has 0 spiro atoms. The number of fused-ring (bicyclic) bond motifs is 2. The molecule has 3 unspecified atom stereocenters. The predicted octanol–water partition coefficient (Wildman–Crippen LogP) is 2.54. The molecule has 0 aromatic heterocycles. The molecule has 0 radical (unpaired) electrons. The summed E-state index contributed by atoms with van der Waals surface area (Å²) in [5.41, 5.74) is 1.36. The van der Waals surface area contributed by atoms with Gasteiger partial charge in [0.15, 0.2) is 0 Å². The molecule has 116 valence electrons. The number of carbonyl (C=O) groups excluding carboxylic acids is 1. The second-order valence-electron chi connectivity index (χ2n) is 6.97. The van der Waals surface area contributed by atoms with Crippen molar-refractivity contribution in [1.82, 2.24) is 9.80 Å². The van der Waals surface area contributed by atoms with Crippen LogP contribution >= 0.6 is 0 Å². The molecular weight excluding hydrogens is 272 g/mol. The van der Waals surface area contributed by atoms with Crippen molar-refractivity contribution in [1.29, 1.82) is 0 Å². The molecule has 0 N–H and O–H groups in total. The highest BCUT2D eigenvalue weighted by Gasteiger charge is 2.41. The number of carbonyl (C=O) groups is 1. The zero-order chi connectivity index (χ0) is 14.9. The first kappa shape index (κ1) is 14.0. The van der Waals surface area contributed by atoms with Crippen LogP contribution in [0.25, 0.3) is 0 Å². The molecular formula is C19H24N2O. The van der Waals surface area contributed by atoms with Gasteiger partial charge in [0.05, 0.1) is 0 Å². The van der Waals surface area contributed by atoms with Crippen LogP contribution in [0.15, 0.2) is 42.5 Å². The second-order valence-corrected chi connectivity index (χ2v) is 6.97. The van der Waals surface area contributed by atoms with Gasteiger partial charge in [-0.05, 0) is 30.2 Å². The molecule has 22 heavy (non-hydrogen) atoms. The number of hydrogen-bond donors (Lipinski definition) is 0. The highest BCUT2D eigenvalue weighted by Crippen LogP contribution is 2.44. The molecule has 2 bridgehead atoms. The normalized spacial score (nSPS) is 30.9. The van der Waals surface area contributed by atoms with Gasteiger partial charge < -0.3 is 4.90 Å². The van der Waals surface area contributed by atoms with Crippen molar-refractivity contribution in [3.8, 4) is 0 Å². The van der Waals surface area contributed by atoms with E-state index >= 15 is 0 Å². The quantitative estimate of drug-likeness (QED) is 0.800. The van der Waals surface area contributed by atoms with E-state index in [2.05, 4.69) is 52.3 Å². The van der Waals surface area contributed by atoms with Crippen molar-refractivity contribution in [2.75, 3.05) is 26.2 Å². The average Bonchev–Trinajstić information content (AvgIpc) is 3.19. The fraction of sp³-hybridized carbons (Fsp3) is 0.526. The van der Waals surface area contributed by atoms with E-state index in [9.17, 15) is 4.79 Å². The first-order valence-electron chi connectivity index (χ1n) is 8.53. The van der Waals surface area contributed by atoms with Gasteiger partial charge in [-0.15, -0.1) is 0 Å². The van der Waals surface area contributed by atoms with E-state index in [4.69, 9.17) is 0 Å². The van der Waals surface area contributed by atoms with Crippen molar-refractivity contribution < 1.29 is 4.79 Å². The third-order valence-corrected chi connectivity index (χ3v) is 5.53. The number of allylic oxidation sites excluding steroid dienone is 2. The maximum atomic E-state index is 12.7. The van der Waals surface area contributed by atoms with Crippen LogP contribution in [0.3, 0.4) is 0 Å². The van der Waals surface area contributed by atoms with Crippen LogP contribution in [0.5, 0.6) is 0 Å². The van der Waals surface area contributed by atoms with Crippen LogP contribution in [0, 0.1) is 17.8 Å². The number of benzene rings is 1. The molecule has 4 rings (SSSR count). The Kier molecular flexibility index (Phi) is 3.75. The summed E-state index contributed by atoms with van der Waals surface area (Å²) in [5.74, 6) is 1.89. The lowest BCUT2D eigenvalue weighted by molar-refractivity contribution is -0.138.